The summed E-state index contributed by atoms with van der Waals surface area (Å²) in [5, 5.41) is 0.887. The van der Waals surface area contributed by atoms with E-state index in [-0.39, 0.29) is 5.97 Å². The van der Waals surface area contributed by atoms with Crippen molar-refractivity contribution in [3.63, 3.8) is 0 Å². The summed E-state index contributed by atoms with van der Waals surface area (Å²) < 4.78 is 4.81. The molecule has 0 spiro atoms. The molecular formula is C12H14N2O2. The number of nitrogens with one attached hydrogen (secondary N) is 1. The summed E-state index contributed by atoms with van der Waals surface area (Å²) in [4.78, 5) is 16.8. The number of benzene rings is 1. The summed E-state index contributed by atoms with van der Waals surface area (Å²) in [7, 11) is 5.16. The summed E-state index contributed by atoms with van der Waals surface area (Å²) in [5.74, 6) is 0.453. The van der Waals surface area contributed by atoms with Crippen molar-refractivity contribution in [1.29, 1.82) is 0 Å². The molecule has 1 N–H and O–H groups in total. The zero-order chi connectivity index (χ0) is 11.7. The Bertz CT molecular complexity index is 529. The van der Waals surface area contributed by atoms with Gasteiger partial charge in [0.1, 0.15) is 11.4 Å². The second kappa shape index (κ2) is 3.89. The van der Waals surface area contributed by atoms with Gasteiger partial charge < -0.3 is 14.6 Å². The molecule has 0 saturated heterocycles. The fourth-order valence-corrected chi connectivity index (χ4v) is 1.77. The molecule has 0 aliphatic rings. The molecule has 84 valence electrons. The van der Waals surface area contributed by atoms with Crippen molar-refractivity contribution >= 4 is 22.7 Å². The predicted octanol–water partition coefficient (Wildman–Crippen LogP) is 2.02. The van der Waals surface area contributed by atoms with Crippen LogP contribution in [-0.4, -0.2) is 32.2 Å². The third-order valence-corrected chi connectivity index (χ3v) is 2.52. The van der Waals surface area contributed by atoms with Gasteiger partial charge in [-0.05, 0) is 6.07 Å². The number of H-pyrrole nitrogens is 1. The van der Waals surface area contributed by atoms with Crippen molar-refractivity contribution in [2.24, 2.45) is 0 Å². The van der Waals surface area contributed by atoms with E-state index in [1.54, 1.807) is 0 Å². The number of esters is 1. The Kier molecular flexibility index (Phi) is 2.56. The van der Waals surface area contributed by atoms with Gasteiger partial charge in [0.2, 0.25) is 0 Å². The van der Waals surface area contributed by atoms with Crippen LogP contribution in [0.4, 0.5) is 5.82 Å². The highest BCUT2D eigenvalue weighted by atomic mass is 16.5. The number of hydrogen-bond donors (Lipinski definition) is 1. The fraction of sp³-hybridized carbons (Fsp3) is 0.250. The van der Waals surface area contributed by atoms with Gasteiger partial charge in [0.15, 0.2) is 0 Å². The quantitative estimate of drug-likeness (QED) is 0.784. The Hall–Kier alpha value is -1.97. The highest BCUT2D eigenvalue weighted by Crippen LogP contribution is 2.28. The van der Waals surface area contributed by atoms with Gasteiger partial charge in [-0.25, -0.2) is 4.79 Å². The lowest BCUT2D eigenvalue weighted by Crippen LogP contribution is -2.14. The van der Waals surface area contributed by atoms with Crippen LogP contribution in [0.5, 0.6) is 0 Å². The molecular weight excluding hydrogens is 204 g/mol. The molecule has 2 aromatic rings. The minimum atomic E-state index is -0.318. The monoisotopic (exact) mass is 218 g/mol. The first kappa shape index (κ1) is 10.5. The Balaban J connectivity index is 2.74. The number of carbonyl (C=O) groups excluding carboxylic acids is 1. The van der Waals surface area contributed by atoms with E-state index >= 15 is 0 Å². The highest BCUT2D eigenvalue weighted by Gasteiger charge is 2.19. The van der Waals surface area contributed by atoms with Gasteiger partial charge in [0.25, 0.3) is 0 Å². The molecule has 0 saturated carbocycles. The zero-order valence-corrected chi connectivity index (χ0v) is 9.57. The fourth-order valence-electron chi connectivity index (χ4n) is 1.77. The maximum Gasteiger partial charge on any atom is 0.342 e. The van der Waals surface area contributed by atoms with Crippen LogP contribution in [-0.2, 0) is 4.74 Å². The molecule has 1 heterocycles. The van der Waals surface area contributed by atoms with Crippen molar-refractivity contribution in [2.75, 3.05) is 26.1 Å². The summed E-state index contributed by atoms with van der Waals surface area (Å²) in [6.45, 7) is 0. The van der Waals surface area contributed by atoms with Crippen molar-refractivity contribution in [1.82, 2.24) is 4.98 Å². The minimum absolute atomic E-state index is 0.318. The number of fused-ring (bicyclic) bond motifs is 1. The summed E-state index contributed by atoms with van der Waals surface area (Å²) >= 11 is 0. The lowest BCUT2D eigenvalue weighted by Gasteiger charge is -2.11. The lowest BCUT2D eigenvalue weighted by molar-refractivity contribution is 0.0604. The number of rotatable bonds is 2. The molecule has 4 nitrogen and oxygen atoms in total. The molecule has 0 bridgehead atoms. The van der Waals surface area contributed by atoms with Crippen LogP contribution in [0.2, 0.25) is 0 Å². The topological polar surface area (TPSA) is 45.3 Å². The number of para-hydroxylation sites is 1. The second-order valence-corrected chi connectivity index (χ2v) is 3.78. The number of aromatic amines is 1. The van der Waals surface area contributed by atoms with Crippen LogP contribution in [0.3, 0.4) is 0 Å². The number of nitrogens with zero attached hydrogens (tertiary/aromatic N) is 1. The molecule has 1 aromatic heterocycles. The maximum absolute atomic E-state index is 11.7. The second-order valence-electron chi connectivity index (χ2n) is 3.78. The molecule has 16 heavy (non-hydrogen) atoms. The number of hydrogen-bond acceptors (Lipinski definition) is 3. The average molecular weight is 218 g/mol. The van der Waals surface area contributed by atoms with E-state index in [4.69, 9.17) is 4.74 Å². The Morgan fingerprint density at radius 2 is 2.00 bits per heavy atom. The standard InChI is InChI=1S/C12H14N2O2/c1-14(2)11-10(12(15)16-3)8-6-4-5-7-9(8)13-11/h4-7,13H,1-3H3. The van der Waals surface area contributed by atoms with E-state index in [0.717, 1.165) is 16.7 Å². The highest BCUT2D eigenvalue weighted by molar-refractivity contribution is 6.09. The van der Waals surface area contributed by atoms with Gasteiger partial charge in [-0.1, -0.05) is 18.2 Å². The van der Waals surface area contributed by atoms with Crippen molar-refractivity contribution in [3.8, 4) is 0 Å². The zero-order valence-electron chi connectivity index (χ0n) is 9.57. The Labute approximate surface area is 93.8 Å². The molecule has 0 unspecified atom stereocenters. The average Bonchev–Trinajstić information content (AvgIpc) is 2.67. The normalized spacial score (nSPS) is 10.4. The van der Waals surface area contributed by atoms with Crippen LogP contribution in [0.25, 0.3) is 10.9 Å². The van der Waals surface area contributed by atoms with E-state index in [1.165, 1.54) is 7.11 Å². The van der Waals surface area contributed by atoms with Crippen molar-refractivity contribution in [2.45, 2.75) is 0 Å². The van der Waals surface area contributed by atoms with E-state index in [2.05, 4.69) is 4.98 Å². The third kappa shape index (κ3) is 1.52. The van der Waals surface area contributed by atoms with Crippen LogP contribution < -0.4 is 4.90 Å². The van der Waals surface area contributed by atoms with Crippen LogP contribution in [0.15, 0.2) is 24.3 Å². The largest absolute Gasteiger partial charge is 0.465 e. The number of carbonyl (C=O) groups is 1. The predicted molar refractivity (Wildman–Crippen MR) is 64.0 cm³/mol. The Morgan fingerprint density at radius 1 is 1.31 bits per heavy atom. The van der Waals surface area contributed by atoms with Crippen LogP contribution >= 0.6 is 0 Å². The Morgan fingerprint density at radius 3 is 2.62 bits per heavy atom. The van der Waals surface area contributed by atoms with Crippen LogP contribution in [0, 0.1) is 0 Å². The summed E-state index contributed by atoms with van der Waals surface area (Å²) in [5.41, 5.74) is 1.52. The van der Waals surface area contributed by atoms with Gasteiger partial charge in [-0.2, -0.15) is 0 Å². The summed E-state index contributed by atoms with van der Waals surface area (Å²) in [6, 6.07) is 7.68. The smallest absolute Gasteiger partial charge is 0.342 e. The first-order chi connectivity index (χ1) is 7.65. The number of aromatic nitrogens is 1. The van der Waals surface area contributed by atoms with E-state index in [1.807, 2.05) is 43.3 Å². The maximum atomic E-state index is 11.7. The SMILES string of the molecule is COC(=O)c1c(N(C)C)[nH]c2ccccc12. The minimum Gasteiger partial charge on any atom is -0.465 e. The van der Waals surface area contributed by atoms with Crippen molar-refractivity contribution < 1.29 is 9.53 Å². The molecule has 2 rings (SSSR count). The van der Waals surface area contributed by atoms with Gasteiger partial charge in [0.05, 0.1) is 7.11 Å². The molecule has 0 atom stereocenters. The molecule has 0 aliphatic carbocycles. The molecule has 4 heteroatoms. The molecule has 0 amide bonds. The molecule has 0 fully saturated rings. The summed E-state index contributed by atoms with van der Waals surface area (Å²) in [6.07, 6.45) is 0. The van der Waals surface area contributed by atoms with Gasteiger partial charge in [0, 0.05) is 25.0 Å². The van der Waals surface area contributed by atoms with Gasteiger partial charge >= 0.3 is 5.97 Å². The number of methoxy groups -OCH3 is 1. The van der Waals surface area contributed by atoms with Gasteiger partial charge in [-0.3, -0.25) is 0 Å². The van der Waals surface area contributed by atoms with E-state index in [0.29, 0.717) is 5.56 Å². The lowest BCUT2D eigenvalue weighted by atomic mass is 10.1. The van der Waals surface area contributed by atoms with E-state index in [9.17, 15) is 4.79 Å². The first-order valence-electron chi connectivity index (χ1n) is 5.01. The van der Waals surface area contributed by atoms with Crippen molar-refractivity contribution in [3.05, 3.63) is 29.8 Å². The third-order valence-electron chi connectivity index (χ3n) is 2.52. The van der Waals surface area contributed by atoms with E-state index < -0.39 is 0 Å². The molecule has 0 radical (unpaired) electrons. The van der Waals surface area contributed by atoms with Crippen LogP contribution in [0.1, 0.15) is 10.4 Å². The molecule has 0 aliphatic heterocycles. The molecule has 1 aromatic carbocycles. The number of anilines is 1. The van der Waals surface area contributed by atoms with Gasteiger partial charge in [-0.15, -0.1) is 0 Å². The first-order valence-corrected chi connectivity index (χ1v) is 5.01. The number of ether oxygens (including phenoxy) is 1.